The number of rotatable bonds is 6. The van der Waals surface area contributed by atoms with Gasteiger partial charge in [-0.05, 0) is 24.8 Å². The normalized spacial score (nSPS) is 10.5. The molecule has 0 fully saturated rings. The largest absolute Gasteiger partial charge is 0.370 e. The number of hydrazine groups is 1. The van der Waals surface area contributed by atoms with Gasteiger partial charge in [0.1, 0.15) is 11.6 Å². The Balaban J connectivity index is 1.95. The molecule has 0 aliphatic carbocycles. The van der Waals surface area contributed by atoms with Crippen LogP contribution in [0.5, 0.6) is 0 Å². The Morgan fingerprint density at radius 1 is 1.37 bits per heavy atom. The number of nitrogens with one attached hydrogen (secondary N) is 2. The molecule has 2 heterocycles. The van der Waals surface area contributed by atoms with Crippen molar-refractivity contribution in [3.8, 4) is 0 Å². The molecule has 0 unspecified atom stereocenters. The summed E-state index contributed by atoms with van der Waals surface area (Å²) >= 11 is 8.95. The summed E-state index contributed by atoms with van der Waals surface area (Å²) < 4.78 is 0.816. The first-order valence-corrected chi connectivity index (χ1v) is 8.01. The lowest BCUT2D eigenvalue weighted by molar-refractivity contribution is 0.943. The third kappa shape index (κ3) is 4.24. The summed E-state index contributed by atoms with van der Waals surface area (Å²) in [5.41, 5.74) is 2.53. The highest BCUT2D eigenvalue weighted by molar-refractivity contribution is 7.98. The number of nitrogen functional groups attached to an aromatic ring is 1. The summed E-state index contributed by atoms with van der Waals surface area (Å²) in [6, 6.07) is 5.73. The minimum absolute atomic E-state index is 0.598. The molecular weight excluding hydrogens is 302 g/mol. The van der Waals surface area contributed by atoms with Gasteiger partial charge >= 0.3 is 0 Å². The third-order valence-corrected chi connectivity index (χ3v) is 4.18. The van der Waals surface area contributed by atoms with Gasteiger partial charge in [-0.25, -0.2) is 15.8 Å². The highest BCUT2D eigenvalue weighted by Crippen LogP contribution is 2.22. The van der Waals surface area contributed by atoms with Crippen LogP contribution in [0.3, 0.4) is 0 Å². The lowest BCUT2D eigenvalue weighted by atomic mass is 10.3. The van der Waals surface area contributed by atoms with E-state index in [1.165, 1.54) is 16.6 Å². The molecule has 0 radical (unpaired) electrons. The zero-order valence-electron chi connectivity index (χ0n) is 10.3. The molecule has 19 heavy (non-hydrogen) atoms. The van der Waals surface area contributed by atoms with E-state index in [2.05, 4.69) is 20.7 Å². The molecule has 0 atom stereocenters. The number of aromatic nitrogens is 2. The highest BCUT2D eigenvalue weighted by atomic mass is 35.5. The van der Waals surface area contributed by atoms with Crippen LogP contribution in [0.15, 0.2) is 23.4 Å². The number of anilines is 2. The van der Waals surface area contributed by atoms with Gasteiger partial charge in [-0.3, -0.25) is 0 Å². The molecule has 0 amide bonds. The molecule has 102 valence electrons. The van der Waals surface area contributed by atoms with Crippen LogP contribution in [-0.4, -0.2) is 22.8 Å². The van der Waals surface area contributed by atoms with Gasteiger partial charge in [0.15, 0.2) is 5.16 Å². The summed E-state index contributed by atoms with van der Waals surface area (Å²) in [6.07, 6.45) is 2.83. The second-order valence-electron chi connectivity index (χ2n) is 3.65. The monoisotopic (exact) mass is 315 g/mol. The van der Waals surface area contributed by atoms with Crippen LogP contribution in [0.1, 0.15) is 4.88 Å². The van der Waals surface area contributed by atoms with Gasteiger partial charge in [-0.1, -0.05) is 23.4 Å². The Morgan fingerprint density at radius 2 is 2.16 bits per heavy atom. The smallest absolute Gasteiger partial charge is 0.191 e. The molecule has 2 rings (SSSR count). The minimum atomic E-state index is 0.598. The number of hydrogen-bond acceptors (Lipinski definition) is 7. The maximum Gasteiger partial charge on any atom is 0.191 e. The van der Waals surface area contributed by atoms with E-state index in [4.69, 9.17) is 17.4 Å². The zero-order valence-corrected chi connectivity index (χ0v) is 12.7. The number of hydrogen-bond donors (Lipinski definition) is 3. The van der Waals surface area contributed by atoms with Crippen molar-refractivity contribution in [2.45, 2.75) is 11.6 Å². The summed E-state index contributed by atoms with van der Waals surface area (Å²) in [4.78, 5) is 9.80. The molecule has 0 saturated carbocycles. The molecule has 0 saturated heterocycles. The van der Waals surface area contributed by atoms with Gasteiger partial charge in [-0.2, -0.15) is 0 Å². The quantitative estimate of drug-likeness (QED) is 0.329. The fourth-order valence-electron chi connectivity index (χ4n) is 1.48. The molecule has 2 aromatic heterocycles. The molecular formula is C11H14ClN5S2. The van der Waals surface area contributed by atoms with E-state index in [1.54, 1.807) is 17.4 Å². The van der Waals surface area contributed by atoms with Crippen molar-refractivity contribution in [1.82, 2.24) is 9.97 Å². The van der Waals surface area contributed by atoms with Gasteiger partial charge in [-0.15, -0.1) is 11.3 Å². The van der Waals surface area contributed by atoms with Crippen molar-refractivity contribution in [3.05, 3.63) is 27.4 Å². The second kappa shape index (κ2) is 6.95. The molecule has 5 nitrogen and oxygen atoms in total. The molecule has 0 aliphatic rings. The van der Waals surface area contributed by atoms with E-state index < -0.39 is 0 Å². The van der Waals surface area contributed by atoms with Crippen LogP contribution in [-0.2, 0) is 6.42 Å². The van der Waals surface area contributed by atoms with Crippen molar-refractivity contribution < 1.29 is 0 Å². The van der Waals surface area contributed by atoms with E-state index in [1.807, 2.05) is 18.4 Å². The number of nitrogens with zero attached hydrogens (tertiary/aromatic N) is 2. The number of thioether (sulfide) groups is 1. The molecule has 2 aromatic rings. The topological polar surface area (TPSA) is 75.9 Å². The third-order valence-electron chi connectivity index (χ3n) is 2.34. The Labute approximate surface area is 124 Å². The summed E-state index contributed by atoms with van der Waals surface area (Å²) in [5.74, 6) is 6.73. The number of thiophene rings is 1. The molecule has 0 spiro atoms. The minimum Gasteiger partial charge on any atom is -0.370 e. The second-order valence-corrected chi connectivity index (χ2v) is 6.23. The fraction of sp³-hybridized carbons (Fsp3) is 0.273. The van der Waals surface area contributed by atoms with Crippen LogP contribution in [0.25, 0.3) is 0 Å². The predicted octanol–water partition coefficient (Wildman–Crippen LogP) is 2.85. The lowest BCUT2D eigenvalue weighted by Crippen LogP contribution is -2.12. The standard InChI is InChI=1S/C11H14ClN5S2/c1-18-11-15-9(6-10(16-11)17-13)14-5-4-7-2-3-8(12)19-7/h2-3,6H,4-5,13H2,1H3,(H2,14,15,16,17). The van der Waals surface area contributed by atoms with Gasteiger partial charge in [0, 0.05) is 17.5 Å². The summed E-state index contributed by atoms with van der Waals surface area (Å²) in [7, 11) is 0. The molecule has 4 N–H and O–H groups in total. The maximum atomic E-state index is 5.89. The highest BCUT2D eigenvalue weighted by Gasteiger charge is 2.03. The van der Waals surface area contributed by atoms with E-state index in [0.29, 0.717) is 11.0 Å². The van der Waals surface area contributed by atoms with Gasteiger partial charge in [0.25, 0.3) is 0 Å². The number of nitrogens with two attached hydrogens (primary N) is 1. The Hall–Kier alpha value is -1.02. The predicted molar refractivity (Wildman–Crippen MR) is 83.1 cm³/mol. The first-order chi connectivity index (χ1) is 9.21. The Bertz CT molecular complexity index is 523. The molecule has 8 heteroatoms. The van der Waals surface area contributed by atoms with E-state index in [9.17, 15) is 0 Å². The van der Waals surface area contributed by atoms with Gasteiger partial charge in [0.2, 0.25) is 0 Å². The summed E-state index contributed by atoms with van der Waals surface area (Å²) in [6.45, 7) is 0.783. The van der Waals surface area contributed by atoms with Crippen LogP contribution < -0.4 is 16.6 Å². The van der Waals surface area contributed by atoms with Gasteiger partial charge in [0.05, 0.1) is 4.34 Å². The first-order valence-electron chi connectivity index (χ1n) is 5.59. The van der Waals surface area contributed by atoms with Crippen molar-refractivity contribution in [3.63, 3.8) is 0 Å². The van der Waals surface area contributed by atoms with Crippen molar-refractivity contribution in [2.24, 2.45) is 5.84 Å². The van der Waals surface area contributed by atoms with Gasteiger partial charge < -0.3 is 10.7 Å². The van der Waals surface area contributed by atoms with E-state index >= 15 is 0 Å². The van der Waals surface area contributed by atoms with E-state index in [-0.39, 0.29) is 0 Å². The average molecular weight is 316 g/mol. The fourth-order valence-corrected chi connectivity index (χ4v) is 2.95. The van der Waals surface area contributed by atoms with Crippen molar-refractivity contribution >= 4 is 46.3 Å². The number of halogens is 1. The van der Waals surface area contributed by atoms with E-state index in [0.717, 1.165) is 23.1 Å². The molecule has 0 bridgehead atoms. The summed E-state index contributed by atoms with van der Waals surface area (Å²) in [5, 5.41) is 3.93. The Morgan fingerprint density at radius 3 is 2.79 bits per heavy atom. The van der Waals surface area contributed by atoms with Crippen LogP contribution in [0.2, 0.25) is 4.34 Å². The molecule has 0 aliphatic heterocycles. The van der Waals surface area contributed by atoms with Crippen LogP contribution in [0.4, 0.5) is 11.6 Å². The van der Waals surface area contributed by atoms with Crippen LogP contribution in [0, 0.1) is 0 Å². The SMILES string of the molecule is CSc1nc(NN)cc(NCCc2ccc(Cl)s2)n1. The van der Waals surface area contributed by atoms with Crippen LogP contribution >= 0.6 is 34.7 Å². The maximum absolute atomic E-state index is 5.89. The Kier molecular flexibility index (Phi) is 5.26. The zero-order chi connectivity index (χ0) is 13.7. The van der Waals surface area contributed by atoms with Crippen molar-refractivity contribution in [1.29, 1.82) is 0 Å². The van der Waals surface area contributed by atoms with Crippen molar-refractivity contribution in [2.75, 3.05) is 23.5 Å². The first kappa shape index (κ1) is 14.4. The lowest BCUT2D eigenvalue weighted by Gasteiger charge is -2.08. The average Bonchev–Trinajstić information content (AvgIpc) is 2.84. The molecule has 0 aromatic carbocycles.